The molecule has 0 bridgehead atoms. The first-order valence-corrected chi connectivity index (χ1v) is 8.91. The van der Waals surface area contributed by atoms with Gasteiger partial charge in [0.1, 0.15) is 5.75 Å². The van der Waals surface area contributed by atoms with Crippen molar-refractivity contribution in [3.05, 3.63) is 64.6 Å². The smallest absolute Gasteiger partial charge is 0.266 e. The summed E-state index contributed by atoms with van der Waals surface area (Å²) in [4.78, 5) is 19.3. The number of nitrogens with zero attached hydrogens (tertiary/aromatic N) is 2. The molecule has 0 radical (unpaired) electrons. The van der Waals surface area contributed by atoms with E-state index in [2.05, 4.69) is 24.0 Å². The van der Waals surface area contributed by atoms with Gasteiger partial charge in [-0.2, -0.15) is 0 Å². The van der Waals surface area contributed by atoms with Crippen molar-refractivity contribution < 1.29 is 9.53 Å². The van der Waals surface area contributed by atoms with Crippen molar-refractivity contribution in [2.24, 2.45) is 4.99 Å². The van der Waals surface area contributed by atoms with E-state index in [1.807, 2.05) is 42.5 Å². The predicted octanol–water partition coefficient (Wildman–Crippen LogP) is 4.49. The van der Waals surface area contributed by atoms with Gasteiger partial charge in [-0.1, -0.05) is 31.2 Å². The molecule has 0 atom stereocenters. The van der Waals surface area contributed by atoms with Crippen LogP contribution in [0.25, 0.3) is 6.08 Å². The maximum Gasteiger partial charge on any atom is 0.266 e. The summed E-state index contributed by atoms with van der Waals surface area (Å²) in [6, 6.07) is 15.7. The largest absolute Gasteiger partial charge is 0.497 e. The Morgan fingerprint density at radius 1 is 1.20 bits per heavy atom. The number of benzene rings is 2. The maximum atomic E-state index is 12.5. The molecule has 25 heavy (non-hydrogen) atoms. The van der Waals surface area contributed by atoms with Crippen molar-refractivity contribution in [2.45, 2.75) is 13.3 Å². The Balaban J connectivity index is 1.85. The Kier molecular flexibility index (Phi) is 5.24. The zero-order valence-corrected chi connectivity index (χ0v) is 15.3. The molecule has 1 saturated heterocycles. The second-order valence-electron chi connectivity index (χ2n) is 5.67. The van der Waals surface area contributed by atoms with E-state index in [-0.39, 0.29) is 5.91 Å². The molecule has 5 heteroatoms. The summed E-state index contributed by atoms with van der Waals surface area (Å²) >= 11 is 1.39. The Hall–Kier alpha value is -2.53. The second-order valence-corrected chi connectivity index (χ2v) is 6.67. The average Bonchev–Trinajstić information content (AvgIpc) is 2.90. The molecule has 1 fully saturated rings. The number of thioether (sulfide) groups is 1. The van der Waals surface area contributed by atoms with Crippen LogP contribution in [-0.2, 0) is 11.2 Å². The van der Waals surface area contributed by atoms with Crippen LogP contribution in [0, 0.1) is 0 Å². The topological polar surface area (TPSA) is 41.9 Å². The molecule has 0 N–H and O–H groups in total. The van der Waals surface area contributed by atoms with Gasteiger partial charge in [0.15, 0.2) is 5.17 Å². The summed E-state index contributed by atoms with van der Waals surface area (Å²) in [5.41, 5.74) is 3.05. The molecule has 128 valence electrons. The molecule has 0 spiro atoms. The Labute approximate surface area is 152 Å². The third-order valence-corrected chi connectivity index (χ3v) is 5.02. The van der Waals surface area contributed by atoms with Crippen LogP contribution in [0.5, 0.6) is 5.75 Å². The van der Waals surface area contributed by atoms with Crippen LogP contribution in [0.4, 0.5) is 5.69 Å². The molecule has 2 aromatic rings. The number of ether oxygens (including phenoxy) is 1. The monoisotopic (exact) mass is 352 g/mol. The van der Waals surface area contributed by atoms with E-state index >= 15 is 0 Å². The van der Waals surface area contributed by atoms with Crippen LogP contribution in [-0.4, -0.2) is 30.1 Å². The van der Waals surface area contributed by atoms with Gasteiger partial charge in [-0.05, 0) is 59.7 Å². The maximum absolute atomic E-state index is 12.5. The lowest BCUT2D eigenvalue weighted by atomic mass is 10.2. The minimum atomic E-state index is -0.0447. The van der Waals surface area contributed by atoms with E-state index in [1.165, 1.54) is 17.3 Å². The number of aliphatic imine (C=N–C) groups is 1. The number of methoxy groups -OCH3 is 1. The number of amides is 1. The number of carbonyl (C=O) groups is 1. The molecule has 0 saturated carbocycles. The fraction of sp³-hybridized carbons (Fsp3) is 0.200. The first kappa shape index (κ1) is 17.3. The molecule has 4 nitrogen and oxygen atoms in total. The molecule has 1 aliphatic rings. The molecular weight excluding hydrogens is 332 g/mol. The van der Waals surface area contributed by atoms with Gasteiger partial charge in [0.25, 0.3) is 5.91 Å². The minimum Gasteiger partial charge on any atom is -0.497 e. The number of hydrogen-bond acceptors (Lipinski definition) is 4. The van der Waals surface area contributed by atoms with Crippen LogP contribution >= 0.6 is 11.8 Å². The zero-order valence-electron chi connectivity index (χ0n) is 14.5. The number of likely N-dealkylation sites (N-methyl/N-ethyl adjacent to an activating group) is 1. The zero-order chi connectivity index (χ0) is 17.8. The number of rotatable bonds is 4. The molecule has 0 unspecified atom stereocenters. The van der Waals surface area contributed by atoms with Gasteiger partial charge < -0.3 is 4.74 Å². The predicted molar refractivity (Wildman–Crippen MR) is 104 cm³/mol. The number of carbonyl (C=O) groups excluding carboxylic acids is 1. The number of hydrogen-bond donors (Lipinski definition) is 0. The molecule has 1 aliphatic heterocycles. The lowest BCUT2D eigenvalue weighted by Gasteiger charge is -2.07. The highest BCUT2D eigenvalue weighted by Crippen LogP contribution is 2.33. The average molecular weight is 352 g/mol. The van der Waals surface area contributed by atoms with E-state index < -0.39 is 0 Å². The quantitative estimate of drug-likeness (QED) is 0.761. The molecule has 0 aromatic heterocycles. The van der Waals surface area contributed by atoms with Gasteiger partial charge in [-0.15, -0.1) is 0 Å². The first-order chi connectivity index (χ1) is 12.1. The summed E-state index contributed by atoms with van der Waals surface area (Å²) in [6.45, 7) is 2.12. The summed E-state index contributed by atoms with van der Waals surface area (Å²) in [7, 11) is 3.38. The van der Waals surface area contributed by atoms with E-state index in [1.54, 1.807) is 19.1 Å². The van der Waals surface area contributed by atoms with Crippen LogP contribution in [0.2, 0.25) is 0 Å². The van der Waals surface area contributed by atoms with Crippen LogP contribution < -0.4 is 4.74 Å². The molecule has 2 aromatic carbocycles. The number of amidine groups is 1. The second kappa shape index (κ2) is 7.57. The van der Waals surface area contributed by atoms with Crippen LogP contribution in [0.3, 0.4) is 0 Å². The van der Waals surface area contributed by atoms with Crippen molar-refractivity contribution in [3.8, 4) is 5.75 Å². The first-order valence-electron chi connectivity index (χ1n) is 8.10. The Morgan fingerprint density at radius 2 is 1.96 bits per heavy atom. The van der Waals surface area contributed by atoms with E-state index in [0.717, 1.165) is 23.4 Å². The van der Waals surface area contributed by atoms with Crippen LogP contribution in [0.15, 0.2) is 58.4 Å². The fourth-order valence-electron chi connectivity index (χ4n) is 2.45. The fourth-order valence-corrected chi connectivity index (χ4v) is 3.44. The van der Waals surface area contributed by atoms with E-state index in [9.17, 15) is 4.79 Å². The molecule has 1 heterocycles. The van der Waals surface area contributed by atoms with Gasteiger partial charge in [0.05, 0.1) is 17.7 Å². The van der Waals surface area contributed by atoms with Crippen molar-refractivity contribution in [1.82, 2.24) is 4.90 Å². The van der Waals surface area contributed by atoms with Gasteiger partial charge >= 0.3 is 0 Å². The van der Waals surface area contributed by atoms with Crippen molar-refractivity contribution in [2.75, 3.05) is 14.2 Å². The van der Waals surface area contributed by atoms with Crippen LogP contribution in [0.1, 0.15) is 18.1 Å². The normalized spacial score (nSPS) is 17.6. The van der Waals surface area contributed by atoms with Gasteiger partial charge in [-0.25, -0.2) is 4.99 Å². The van der Waals surface area contributed by atoms with Gasteiger partial charge in [-0.3, -0.25) is 9.69 Å². The highest BCUT2D eigenvalue weighted by molar-refractivity contribution is 8.18. The third kappa shape index (κ3) is 3.94. The van der Waals surface area contributed by atoms with Crippen molar-refractivity contribution >= 4 is 34.6 Å². The lowest BCUT2D eigenvalue weighted by Crippen LogP contribution is -2.23. The van der Waals surface area contributed by atoms with Crippen molar-refractivity contribution in [1.29, 1.82) is 0 Å². The molecule has 3 rings (SSSR count). The summed E-state index contributed by atoms with van der Waals surface area (Å²) < 4.78 is 5.23. The van der Waals surface area contributed by atoms with E-state index in [4.69, 9.17) is 4.74 Å². The van der Waals surface area contributed by atoms with E-state index in [0.29, 0.717) is 10.1 Å². The standard InChI is InChI=1S/C20H20N2O2S/c1-4-14-8-10-16(11-9-14)21-20-22(2)19(23)18(25-20)13-15-6-5-7-17(12-15)24-3/h5-13H,4H2,1-3H3/b18-13-,21-20?. The third-order valence-electron chi connectivity index (χ3n) is 3.96. The molecule has 0 aliphatic carbocycles. The summed E-state index contributed by atoms with van der Waals surface area (Å²) in [5, 5.41) is 0.684. The van der Waals surface area contributed by atoms with Gasteiger partial charge in [0.2, 0.25) is 0 Å². The Morgan fingerprint density at radius 3 is 2.64 bits per heavy atom. The lowest BCUT2D eigenvalue weighted by molar-refractivity contribution is -0.121. The molecular formula is C20H20N2O2S. The highest BCUT2D eigenvalue weighted by atomic mass is 32.2. The minimum absolute atomic E-state index is 0.0447. The Bertz CT molecular complexity index is 841. The molecule has 1 amide bonds. The summed E-state index contributed by atoms with van der Waals surface area (Å²) in [5.74, 6) is 0.722. The number of aryl methyl sites for hydroxylation is 1. The summed E-state index contributed by atoms with van der Waals surface area (Å²) in [6.07, 6.45) is 2.87. The highest BCUT2D eigenvalue weighted by Gasteiger charge is 2.30. The SMILES string of the molecule is CCc1ccc(N=C2S/C(=C\c3cccc(OC)c3)C(=O)N2C)cc1. The van der Waals surface area contributed by atoms with Crippen molar-refractivity contribution in [3.63, 3.8) is 0 Å². The van der Waals surface area contributed by atoms with Gasteiger partial charge in [0, 0.05) is 7.05 Å².